The number of para-hydroxylation sites is 1. The number of carbonyl (C=O) groups is 1. The molecule has 0 spiro atoms. The summed E-state index contributed by atoms with van der Waals surface area (Å²) in [6.07, 6.45) is -0.397. The number of amides is 1. The second-order valence-corrected chi connectivity index (χ2v) is 5.96. The summed E-state index contributed by atoms with van der Waals surface area (Å²) >= 11 is 0. The minimum atomic E-state index is -0.397. The highest BCUT2D eigenvalue weighted by atomic mass is 16.5. The summed E-state index contributed by atoms with van der Waals surface area (Å²) in [6, 6.07) is 17.7. The van der Waals surface area contributed by atoms with Gasteiger partial charge in [-0.25, -0.2) is 4.79 Å². The quantitative estimate of drug-likeness (QED) is 0.501. The van der Waals surface area contributed by atoms with Gasteiger partial charge in [-0.05, 0) is 18.6 Å². The molecule has 1 amide bonds. The molecule has 0 aliphatic carbocycles. The molecule has 0 saturated heterocycles. The van der Waals surface area contributed by atoms with Crippen molar-refractivity contribution in [1.82, 2.24) is 16.0 Å². The zero-order valence-electron chi connectivity index (χ0n) is 15.9. The maximum Gasteiger partial charge on any atom is 0.407 e. The van der Waals surface area contributed by atoms with Crippen LogP contribution >= 0.6 is 0 Å². The second-order valence-electron chi connectivity index (χ2n) is 5.96. The third-order valence-electron chi connectivity index (χ3n) is 3.85. The summed E-state index contributed by atoms with van der Waals surface area (Å²) in [5, 5.41) is 9.39. The van der Waals surface area contributed by atoms with Crippen LogP contribution in [0.25, 0.3) is 0 Å². The Hall–Kier alpha value is -2.57. The van der Waals surface area contributed by atoms with Crippen LogP contribution in [0, 0.1) is 0 Å². The maximum atomic E-state index is 11.6. The zero-order chi connectivity index (χ0) is 19.2. The number of benzene rings is 2. The van der Waals surface area contributed by atoms with E-state index in [4.69, 9.17) is 9.47 Å². The van der Waals surface area contributed by atoms with Crippen molar-refractivity contribution in [3.8, 4) is 5.75 Å². The predicted octanol–water partition coefficient (Wildman–Crippen LogP) is 2.69. The van der Waals surface area contributed by atoms with Gasteiger partial charge in [-0.3, -0.25) is 0 Å². The minimum absolute atomic E-state index is 0.285. The normalized spacial score (nSPS) is 10.4. The molecule has 0 aromatic heterocycles. The Morgan fingerprint density at radius 3 is 2.41 bits per heavy atom. The molecule has 2 aromatic carbocycles. The molecule has 0 aliphatic rings. The van der Waals surface area contributed by atoms with Gasteiger partial charge < -0.3 is 25.4 Å². The van der Waals surface area contributed by atoms with E-state index in [-0.39, 0.29) is 6.61 Å². The number of nitrogens with one attached hydrogen (secondary N) is 3. The molecule has 0 aliphatic heterocycles. The Kier molecular flexibility index (Phi) is 9.78. The Morgan fingerprint density at radius 1 is 0.889 bits per heavy atom. The van der Waals surface area contributed by atoms with E-state index in [1.807, 2.05) is 55.5 Å². The molecule has 0 unspecified atom stereocenters. The molecule has 3 N–H and O–H groups in total. The van der Waals surface area contributed by atoms with Crippen molar-refractivity contribution in [2.45, 2.75) is 20.1 Å². The third-order valence-corrected chi connectivity index (χ3v) is 3.85. The average Bonchev–Trinajstić information content (AvgIpc) is 2.70. The Bertz CT molecular complexity index is 665. The van der Waals surface area contributed by atoms with Crippen LogP contribution in [0.1, 0.15) is 18.1 Å². The van der Waals surface area contributed by atoms with E-state index < -0.39 is 6.09 Å². The lowest BCUT2D eigenvalue weighted by Gasteiger charge is -2.11. The number of hydrogen-bond donors (Lipinski definition) is 3. The number of hydrogen-bond acceptors (Lipinski definition) is 5. The summed E-state index contributed by atoms with van der Waals surface area (Å²) < 4.78 is 10.8. The standard InChI is InChI=1S/C21H29N3O3/c1-2-26-20-11-7-6-10-19(20)16-23-13-12-22-14-15-24-21(25)27-17-18-8-4-3-5-9-18/h3-11,22-23H,2,12-17H2,1H3,(H,24,25). The fourth-order valence-electron chi connectivity index (χ4n) is 2.50. The molecule has 2 rings (SSSR count). The molecule has 2 aromatic rings. The van der Waals surface area contributed by atoms with E-state index in [9.17, 15) is 4.79 Å². The summed E-state index contributed by atoms with van der Waals surface area (Å²) in [6.45, 7) is 6.57. The van der Waals surface area contributed by atoms with E-state index in [0.29, 0.717) is 19.7 Å². The Labute approximate surface area is 161 Å². The van der Waals surface area contributed by atoms with Crippen LogP contribution in [0.15, 0.2) is 54.6 Å². The van der Waals surface area contributed by atoms with Crippen LogP contribution in [0.2, 0.25) is 0 Å². The largest absolute Gasteiger partial charge is 0.494 e. The third kappa shape index (κ3) is 8.57. The smallest absolute Gasteiger partial charge is 0.407 e. The molecule has 0 radical (unpaired) electrons. The number of carbonyl (C=O) groups excluding carboxylic acids is 1. The molecule has 146 valence electrons. The molecule has 0 fully saturated rings. The summed E-state index contributed by atoms with van der Waals surface area (Å²) in [5.41, 5.74) is 2.13. The van der Waals surface area contributed by atoms with Gasteiger partial charge in [0, 0.05) is 38.3 Å². The van der Waals surface area contributed by atoms with Gasteiger partial charge in [-0.15, -0.1) is 0 Å². The van der Waals surface area contributed by atoms with Crippen molar-refractivity contribution in [3.05, 3.63) is 65.7 Å². The fraction of sp³-hybridized carbons (Fsp3) is 0.381. The van der Waals surface area contributed by atoms with Crippen molar-refractivity contribution in [3.63, 3.8) is 0 Å². The van der Waals surface area contributed by atoms with Gasteiger partial charge in [0.1, 0.15) is 12.4 Å². The molecule has 0 saturated carbocycles. The van der Waals surface area contributed by atoms with Gasteiger partial charge in [-0.2, -0.15) is 0 Å². The van der Waals surface area contributed by atoms with Crippen LogP contribution in [-0.2, 0) is 17.9 Å². The summed E-state index contributed by atoms with van der Waals surface area (Å²) in [4.78, 5) is 11.6. The maximum absolute atomic E-state index is 11.6. The average molecular weight is 371 g/mol. The van der Waals surface area contributed by atoms with Gasteiger partial charge in [0.25, 0.3) is 0 Å². The molecule has 0 bridgehead atoms. The fourth-order valence-corrected chi connectivity index (χ4v) is 2.50. The number of rotatable bonds is 12. The molecular formula is C21H29N3O3. The zero-order valence-corrected chi connectivity index (χ0v) is 15.9. The van der Waals surface area contributed by atoms with E-state index in [1.165, 1.54) is 0 Å². The van der Waals surface area contributed by atoms with Crippen LogP contribution in [0.5, 0.6) is 5.75 Å². The lowest BCUT2D eigenvalue weighted by Crippen LogP contribution is -2.35. The topological polar surface area (TPSA) is 71.6 Å². The minimum Gasteiger partial charge on any atom is -0.494 e. The Morgan fingerprint density at radius 2 is 1.59 bits per heavy atom. The second kappa shape index (κ2) is 12.7. The Balaban J connectivity index is 1.47. The van der Waals surface area contributed by atoms with Crippen LogP contribution < -0.4 is 20.7 Å². The van der Waals surface area contributed by atoms with Crippen LogP contribution in [0.3, 0.4) is 0 Å². The highest BCUT2D eigenvalue weighted by Crippen LogP contribution is 2.17. The summed E-state index contributed by atoms with van der Waals surface area (Å²) in [7, 11) is 0. The molecule has 0 heterocycles. The van der Waals surface area contributed by atoms with Gasteiger partial charge in [0.2, 0.25) is 0 Å². The SMILES string of the molecule is CCOc1ccccc1CNCCNCCNC(=O)OCc1ccccc1. The molecule has 6 nitrogen and oxygen atoms in total. The van der Waals surface area contributed by atoms with Crippen molar-refractivity contribution in [1.29, 1.82) is 0 Å². The van der Waals surface area contributed by atoms with Gasteiger partial charge in [0.05, 0.1) is 6.61 Å². The van der Waals surface area contributed by atoms with Crippen LogP contribution in [-0.4, -0.2) is 38.9 Å². The van der Waals surface area contributed by atoms with E-state index in [1.54, 1.807) is 0 Å². The lowest BCUT2D eigenvalue weighted by molar-refractivity contribution is 0.139. The van der Waals surface area contributed by atoms with E-state index in [0.717, 1.165) is 36.5 Å². The number of ether oxygens (including phenoxy) is 2. The first kappa shape index (κ1) is 20.7. The van der Waals surface area contributed by atoms with Gasteiger partial charge >= 0.3 is 6.09 Å². The first-order valence-electron chi connectivity index (χ1n) is 9.36. The van der Waals surface area contributed by atoms with Crippen molar-refractivity contribution < 1.29 is 14.3 Å². The van der Waals surface area contributed by atoms with E-state index in [2.05, 4.69) is 22.0 Å². The van der Waals surface area contributed by atoms with Crippen molar-refractivity contribution in [2.24, 2.45) is 0 Å². The highest BCUT2D eigenvalue weighted by molar-refractivity contribution is 5.67. The first-order chi connectivity index (χ1) is 13.3. The van der Waals surface area contributed by atoms with Gasteiger partial charge in [-0.1, -0.05) is 48.5 Å². The first-order valence-corrected chi connectivity index (χ1v) is 9.36. The van der Waals surface area contributed by atoms with Crippen LogP contribution in [0.4, 0.5) is 4.79 Å². The highest BCUT2D eigenvalue weighted by Gasteiger charge is 2.02. The van der Waals surface area contributed by atoms with Crippen molar-refractivity contribution in [2.75, 3.05) is 32.8 Å². The molecule has 0 atom stereocenters. The summed E-state index contributed by atoms with van der Waals surface area (Å²) in [5.74, 6) is 0.929. The van der Waals surface area contributed by atoms with E-state index >= 15 is 0 Å². The molecular weight excluding hydrogens is 342 g/mol. The van der Waals surface area contributed by atoms with Crippen molar-refractivity contribution >= 4 is 6.09 Å². The van der Waals surface area contributed by atoms with Gasteiger partial charge in [0.15, 0.2) is 0 Å². The predicted molar refractivity (Wildman–Crippen MR) is 107 cm³/mol. The number of alkyl carbamates (subject to hydrolysis) is 1. The molecule has 6 heteroatoms. The molecule has 27 heavy (non-hydrogen) atoms. The lowest BCUT2D eigenvalue weighted by atomic mass is 10.2. The monoisotopic (exact) mass is 371 g/mol.